The summed E-state index contributed by atoms with van der Waals surface area (Å²) >= 11 is 1.34. The smallest absolute Gasteiger partial charge is 0.344 e. The Kier molecular flexibility index (Phi) is 5.49. The van der Waals surface area contributed by atoms with Gasteiger partial charge in [-0.05, 0) is 6.92 Å². The van der Waals surface area contributed by atoms with Crippen molar-refractivity contribution in [2.24, 2.45) is 0 Å². The number of nitrogens with zero attached hydrogens (tertiary/aromatic N) is 5. The third-order valence-electron chi connectivity index (χ3n) is 3.61. The van der Waals surface area contributed by atoms with Crippen LogP contribution in [-0.4, -0.2) is 37.3 Å². The maximum atomic E-state index is 12.4. The van der Waals surface area contributed by atoms with Crippen molar-refractivity contribution < 1.29 is 18.0 Å². The van der Waals surface area contributed by atoms with E-state index in [-0.39, 0.29) is 12.2 Å². The average Bonchev–Trinajstić information content (AvgIpc) is 3.29. The summed E-state index contributed by atoms with van der Waals surface area (Å²) in [5, 5.41) is 19.3. The Balaban J connectivity index is 1.58. The largest absolute Gasteiger partial charge is 0.391 e. The van der Waals surface area contributed by atoms with E-state index in [4.69, 9.17) is 0 Å². The summed E-state index contributed by atoms with van der Waals surface area (Å²) in [4.78, 5) is 12.1. The van der Waals surface area contributed by atoms with Crippen molar-refractivity contribution in [1.82, 2.24) is 30.5 Å². The lowest BCUT2D eigenvalue weighted by Gasteiger charge is -2.13. The zero-order valence-electron chi connectivity index (χ0n) is 14.1. The van der Waals surface area contributed by atoms with Gasteiger partial charge in [-0.1, -0.05) is 46.9 Å². The Hall–Kier alpha value is -2.82. The number of benzene rings is 1. The van der Waals surface area contributed by atoms with E-state index in [0.29, 0.717) is 5.01 Å². The molecule has 0 radical (unpaired) electrons. The summed E-state index contributed by atoms with van der Waals surface area (Å²) in [6.45, 7) is 1.49. The van der Waals surface area contributed by atoms with Crippen molar-refractivity contribution in [3.8, 4) is 10.6 Å². The van der Waals surface area contributed by atoms with Crippen molar-refractivity contribution in [2.75, 3.05) is 0 Å². The van der Waals surface area contributed by atoms with Crippen molar-refractivity contribution in [3.63, 3.8) is 0 Å². The molecule has 0 fully saturated rings. The maximum absolute atomic E-state index is 12.4. The predicted octanol–water partition coefficient (Wildman–Crippen LogP) is 3.24. The highest BCUT2D eigenvalue weighted by atomic mass is 32.1. The van der Waals surface area contributed by atoms with Crippen LogP contribution in [0, 0.1) is 0 Å². The minimum Gasteiger partial charge on any atom is -0.344 e. The number of carbonyl (C=O) groups is 1. The van der Waals surface area contributed by atoms with Crippen LogP contribution >= 0.6 is 11.3 Å². The lowest BCUT2D eigenvalue weighted by atomic mass is 10.2. The van der Waals surface area contributed by atoms with Gasteiger partial charge in [0.15, 0.2) is 5.69 Å². The Bertz CT molecular complexity index is 908. The molecule has 1 atom stereocenters. The fraction of sp³-hybridized carbons (Fsp3) is 0.312. The molecule has 0 bridgehead atoms. The molecule has 3 rings (SSSR count). The second-order valence-corrected chi connectivity index (χ2v) is 6.86. The van der Waals surface area contributed by atoms with Gasteiger partial charge in [0.1, 0.15) is 10.0 Å². The Morgan fingerprint density at radius 2 is 1.96 bits per heavy atom. The number of amides is 1. The van der Waals surface area contributed by atoms with Gasteiger partial charge in [-0.15, -0.1) is 15.3 Å². The zero-order valence-corrected chi connectivity index (χ0v) is 15.0. The topological polar surface area (TPSA) is 85.6 Å². The number of carbonyl (C=O) groups excluding carboxylic acids is 1. The number of hydrogen-bond donors (Lipinski definition) is 1. The van der Waals surface area contributed by atoms with Crippen LogP contribution < -0.4 is 5.32 Å². The van der Waals surface area contributed by atoms with Crippen LogP contribution in [0.25, 0.3) is 10.6 Å². The predicted molar refractivity (Wildman–Crippen MR) is 91.9 cm³/mol. The average molecular weight is 396 g/mol. The fourth-order valence-corrected chi connectivity index (χ4v) is 3.08. The normalized spacial score (nSPS) is 12.7. The first-order valence-corrected chi connectivity index (χ1v) is 8.78. The van der Waals surface area contributed by atoms with E-state index in [0.717, 1.165) is 15.3 Å². The summed E-state index contributed by atoms with van der Waals surface area (Å²) in [6, 6.07) is 8.54. The van der Waals surface area contributed by atoms with Crippen molar-refractivity contribution >= 4 is 17.2 Å². The van der Waals surface area contributed by atoms with E-state index in [9.17, 15) is 18.0 Å². The van der Waals surface area contributed by atoms with Crippen LogP contribution in [0.4, 0.5) is 13.2 Å². The van der Waals surface area contributed by atoms with E-state index in [1.807, 2.05) is 30.3 Å². The number of hydrogen-bond acceptors (Lipinski definition) is 6. The highest BCUT2D eigenvalue weighted by molar-refractivity contribution is 7.14. The first kappa shape index (κ1) is 19.0. The van der Waals surface area contributed by atoms with Crippen LogP contribution in [0.3, 0.4) is 0 Å². The number of rotatable bonds is 6. The van der Waals surface area contributed by atoms with Gasteiger partial charge in [0.05, 0.1) is 25.2 Å². The molecule has 0 aliphatic heterocycles. The molecule has 0 saturated carbocycles. The molecule has 0 spiro atoms. The van der Waals surface area contributed by atoms with Gasteiger partial charge < -0.3 is 5.32 Å². The molecule has 27 heavy (non-hydrogen) atoms. The number of alkyl halides is 3. The minimum atomic E-state index is -4.32. The highest BCUT2D eigenvalue weighted by Crippen LogP contribution is 2.27. The molecule has 2 aromatic heterocycles. The van der Waals surface area contributed by atoms with E-state index < -0.39 is 24.5 Å². The minimum absolute atomic E-state index is 0.0585. The Morgan fingerprint density at radius 1 is 1.22 bits per heavy atom. The molecule has 3 aromatic rings. The van der Waals surface area contributed by atoms with Gasteiger partial charge in [-0.2, -0.15) is 13.2 Å². The van der Waals surface area contributed by atoms with Gasteiger partial charge >= 0.3 is 6.18 Å². The van der Waals surface area contributed by atoms with E-state index >= 15 is 0 Å². The van der Waals surface area contributed by atoms with Crippen molar-refractivity contribution in [2.45, 2.75) is 32.1 Å². The zero-order chi connectivity index (χ0) is 19.4. The third kappa shape index (κ3) is 5.09. The fourth-order valence-electron chi connectivity index (χ4n) is 2.29. The summed E-state index contributed by atoms with van der Waals surface area (Å²) in [6.07, 6.45) is -4.17. The van der Waals surface area contributed by atoms with Gasteiger partial charge in [0, 0.05) is 5.56 Å². The summed E-state index contributed by atoms with van der Waals surface area (Å²) in [5.74, 6) is -0.545. The molecule has 1 amide bonds. The quantitative estimate of drug-likeness (QED) is 0.691. The first-order valence-electron chi connectivity index (χ1n) is 7.96. The van der Waals surface area contributed by atoms with Gasteiger partial charge in [0.2, 0.25) is 0 Å². The lowest BCUT2D eigenvalue weighted by molar-refractivity contribution is -0.142. The maximum Gasteiger partial charge on any atom is 0.391 e. The number of nitrogens with one attached hydrogen (secondary N) is 1. The molecule has 0 aliphatic rings. The van der Waals surface area contributed by atoms with Crippen molar-refractivity contribution in [3.05, 3.63) is 47.2 Å². The monoisotopic (exact) mass is 396 g/mol. The highest BCUT2D eigenvalue weighted by Gasteiger charge is 2.31. The van der Waals surface area contributed by atoms with Crippen LogP contribution in [0.1, 0.15) is 34.9 Å². The second kappa shape index (κ2) is 7.82. The summed E-state index contributed by atoms with van der Waals surface area (Å²) in [5.41, 5.74) is 0.867. The molecule has 1 unspecified atom stereocenters. The van der Waals surface area contributed by atoms with Crippen LogP contribution in [0.5, 0.6) is 0 Å². The molecule has 11 heteroatoms. The molecule has 7 nitrogen and oxygen atoms in total. The summed E-state index contributed by atoms with van der Waals surface area (Å²) in [7, 11) is 0. The number of aromatic nitrogens is 5. The summed E-state index contributed by atoms with van der Waals surface area (Å²) < 4.78 is 38.3. The number of halogens is 3. The molecule has 0 aliphatic carbocycles. The standard InChI is InChI=1S/C16H15F3N6OS/c1-10(7-16(17,18)19)25-9-12(21-24-25)14(26)20-8-13-22-23-15(27-13)11-5-3-2-4-6-11/h2-6,9-10H,7-8H2,1H3,(H,20,26). The molecular formula is C16H15F3N6OS. The Morgan fingerprint density at radius 3 is 2.67 bits per heavy atom. The molecule has 1 aromatic carbocycles. The van der Waals surface area contributed by atoms with Gasteiger partial charge in [-0.25, -0.2) is 4.68 Å². The molecule has 2 heterocycles. The van der Waals surface area contributed by atoms with Crippen LogP contribution in [-0.2, 0) is 6.54 Å². The van der Waals surface area contributed by atoms with E-state index in [2.05, 4.69) is 25.8 Å². The molecule has 142 valence electrons. The molecular weight excluding hydrogens is 381 g/mol. The lowest BCUT2D eigenvalue weighted by Crippen LogP contribution is -2.23. The van der Waals surface area contributed by atoms with Gasteiger partial charge in [0.25, 0.3) is 5.91 Å². The van der Waals surface area contributed by atoms with E-state index in [1.165, 1.54) is 24.5 Å². The third-order valence-corrected chi connectivity index (χ3v) is 4.58. The molecule has 1 N–H and O–H groups in total. The second-order valence-electron chi connectivity index (χ2n) is 5.80. The SMILES string of the molecule is CC(CC(F)(F)F)n1cc(C(=O)NCc2nnc(-c3ccccc3)s2)nn1. The van der Waals surface area contributed by atoms with Crippen molar-refractivity contribution in [1.29, 1.82) is 0 Å². The Labute approximate surface area is 156 Å². The van der Waals surface area contributed by atoms with Crippen LogP contribution in [0.15, 0.2) is 36.5 Å². The molecule has 0 saturated heterocycles. The van der Waals surface area contributed by atoms with E-state index in [1.54, 1.807) is 0 Å². The van der Waals surface area contributed by atoms with Gasteiger partial charge in [-0.3, -0.25) is 4.79 Å². The first-order chi connectivity index (χ1) is 12.8. The van der Waals surface area contributed by atoms with Crippen LogP contribution in [0.2, 0.25) is 0 Å².